The third-order valence-corrected chi connectivity index (χ3v) is 6.67. The molecule has 0 amide bonds. The van der Waals surface area contributed by atoms with Crippen molar-refractivity contribution in [2.75, 3.05) is 19.6 Å². The average Bonchev–Trinajstić information content (AvgIpc) is 2.64. The summed E-state index contributed by atoms with van der Waals surface area (Å²) in [4.78, 5) is 2.09. The molecule has 154 valence electrons. The number of sulfonamides is 1. The SMILES string of the molecule is Cl.O=S(=O)(NCCCCN1CCc2ccccc2C1)c1cc(Cl)cc(Cl)c1O. The zero-order chi connectivity index (χ0) is 19.4. The van der Waals surface area contributed by atoms with Gasteiger partial charge in [0.25, 0.3) is 0 Å². The normalized spacial score (nSPS) is 14.4. The van der Waals surface area contributed by atoms with Gasteiger partial charge in [0.1, 0.15) is 4.90 Å². The van der Waals surface area contributed by atoms with Crippen LogP contribution < -0.4 is 4.72 Å². The zero-order valence-corrected chi connectivity index (χ0v) is 18.3. The Kier molecular flexibility index (Phi) is 8.43. The molecule has 3 rings (SSSR count). The molecule has 0 aromatic heterocycles. The first-order valence-electron chi connectivity index (χ1n) is 8.83. The number of halogens is 3. The number of nitrogens with one attached hydrogen (secondary N) is 1. The maximum atomic E-state index is 12.4. The molecular formula is C19H23Cl3N2O3S. The van der Waals surface area contributed by atoms with Crippen molar-refractivity contribution in [1.29, 1.82) is 0 Å². The van der Waals surface area contributed by atoms with Crippen LogP contribution in [0.1, 0.15) is 24.0 Å². The van der Waals surface area contributed by atoms with E-state index < -0.39 is 15.8 Å². The monoisotopic (exact) mass is 464 g/mol. The summed E-state index contributed by atoms with van der Waals surface area (Å²) >= 11 is 11.6. The van der Waals surface area contributed by atoms with E-state index in [4.69, 9.17) is 23.2 Å². The van der Waals surface area contributed by atoms with Crippen LogP contribution in [0.5, 0.6) is 5.75 Å². The number of fused-ring (bicyclic) bond motifs is 1. The molecule has 1 heterocycles. The van der Waals surface area contributed by atoms with E-state index in [1.165, 1.54) is 23.3 Å². The molecule has 9 heteroatoms. The first-order chi connectivity index (χ1) is 12.9. The van der Waals surface area contributed by atoms with Crippen LogP contribution in [-0.2, 0) is 23.0 Å². The fraction of sp³-hybridized carbons (Fsp3) is 0.368. The van der Waals surface area contributed by atoms with Crippen molar-refractivity contribution in [3.8, 4) is 5.75 Å². The molecule has 2 aromatic carbocycles. The van der Waals surface area contributed by atoms with Crippen LogP contribution in [0.2, 0.25) is 10.0 Å². The summed E-state index contributed by atoms with van der Waals surface area (Å²) in [6.45, 7) is 3.18. The van der Waals surface area contributed by atoms with Gasteiger partial charge in [0.2, 0.25) is 10.0 Å². The van der Waals surface area contributed by atoms with Crippen molar-refractivity contribution in [2.45, 2.75) is 30.7 Å². The van der Waals surface area contributed by atoms with Gasteiger partial charge in [-0.2, -0.15) is 0 Å². The van der Waals surface area contributed by atoms with Crippen LogP contribution >= 0.6 is 35.6 Å². The van der Waals surface area contributed by atoms with Gasteiger partial charge in [0.05, 0.1) is 5.02 Å². The summed E-state index contributed by atoms with van der Waals surface area (Å²) in [5.41, 5.74) is 2.79. The minimum atomic E-state index is -3.86. The summed E-state index contributed by atoms with van der Waals surface area (Å²) < 4.78 is 27.2. The zero-order valence-electron chi connectivity index (χ0n) is 15.2. The average molecular weight is 466 g/mol. The third kappa shape index (κ3) is 5.75. The number of hydrogen-bond acceptors (Lipinski definition) is 4. The maximum absolute atomic E-state index is 12.4. The summed E-state index contributed by atoms with van der Waals surface area (Å²) in [6.07, 6.45) is 2.64. The minimum absolute atomic E-state index is 0. The first kappa shape index (κ1) is 23.3. The highest BCUT2D eigenvalue weighted by Crippen LogP contribution is 2.33. The van der Waals surface area contributed by atoms with E-state index in [0.717, 1.165) is 32.5 Å². The highest BCUT2D eigenvalue weighted by molar-refractivity contribution is 7.89. The summed E-state index contributed by atoms with van der Waals surface area (Å²) in [7, 11) is -3.86. The second-order valence-electron chi connectivity index (χ2n) is 6.63. The molecule has 0 atom stereocenters. The Balaban J connectivity index is 0.00000280. The highest BCUT2D eigenvalue weighted by Gasteiger charge is 2.21. The number of hydrogen-bond donors (Lipinski definition) is 2. The van der Waals surface area contributed by atoms with E-state index in [9.17, 15) is 13.5 Å². The molecule has 1 aliphatic rings. The van der Waals surface area contributed by atoms with Crippen LogP contribution in [0, 0.1) is 0 Å². The van der Waals surface area contributed by atoms with Crippen molar-refractivity contribution in [1.82, 2.24) is 9.62 Å². The molecule has 2 aromatic rings. The standard InChI is InChI=1S/C19H22Cl2N2O3S.ClH/c20-16-11-17(21)19(24)18(12-16)27(25,26)22-8-3-4-9-23-10-7-14-5-1-2-6-15(14)13-23;/h1-2,5-6,11-12,22,24H,3-4,7-10,13H2;1H. The smallest absolute Gasteiger partial charge is 0.244 e. The molecule has 0 fully saturated rings. The molecule has 28 heavy (non-hydrogen) atoms. The first-order valence-corrected chi connectivity index (χ1v) is 11.1. The van der Waals surface area contributed by atoms with Crippen molar-refractivity contribution in [3.05, 3.63) is 57.6 Å². The van der Waals surface area contributed by atoms with Crippen LogP contribution in [0.25, 0.3) is 0 Å². The van der Waals surface area contributed by atoms with Crippen LogP contribution in [0.15, 0.2) is 41.3 Å². The number of aromatic hydroxyl groups is 1. The quantitative estimate of drug-likeness (QED) is 0.600. The third-order valence-electron chi connectivity index (χ3n) is 4.69. The topological polar surface area (TPSA) is 69.6 Å². The minimum Gasteiger partial charge on any atom is -0.505 e. The molecular weight excluding hydrogens is 443 g/mol. The molecule has 0 aliphatic carbocycles. The van der Waals surface area contributed by atoms with Gasteiger partial charge in [-0.3, -0.25) is 4.90 Å². The van der Waals surface area contributed by atoms with Crippen LogP contribution in [-0.4, -0.2) is 38.1 Å². The Morgan fingerprint density at radius 3 is 2.57 bits per heavy atom. The second kappa shape index (κ2) is 10.1. The van der Waals surface area contributed by atoms with Gasteiger partial charge < -0.3 is 5.11 Å². The molecule has 2 N–H and O–H groups in total. The lowest BCUT2D eigenvalue weighted by molar-refractivity contribution is 0.249. The van der Waals surface area contributed by atoms with Gasteiger partial charge in [-0.25, -0.2) is 13.1 Å². The lowest BCUT2D eigenvalue weighted by Gasteiger charge is -2.28. The Morgan fingerprint density at radius 1 is 1.11 bits per heavy atom. The summed E-state index contributed by atoms with van der Waals surface area (Å²) in [5.74, 6) is -0.486. The van der Waals surface area contributed by atoms with Crippen molar-refractivity contribution < 1.29 is 13.5 Å². The fourth-order valence-corrected chi connectivity index (χ4v) is 5.07. The molecule has 1 aliphatic heterocycles. The van der Waals surface area contributed by atoms with Crippen molar-refractivity contribution in [2.24, 2.45) is 0 Å². The van der Waals surface area contributed by atoms with Crippen molar-refractivity contribution >= 4 is 45.6 Å². The number of nitrogens with zero attached hydrogens (tertiary/aromatic N) is 1. The van der Waals surface area contributed by atoms with Gasteiger partial charge in [-0.05, 0) is 49.1 Å². The molecule has 0 saturated carbocycles. The fourth-order valence-electron chi connectivity index (χ4n) is 3.24. The number of unbranched alkanes of at least 4 members (excludes halogenated alkanes) is 1. The Hall–Kier alpha value is -1.02. The predicted molar refractivity (Wildman–Crippen MR) is 115 cm³/mol. The molecule has 0 radical (unpaired) electrons. The van der Waals surface area contributed by atoms with E-state index in [2.05, 4.69) is 33.9 Å². The van der Waals surface area contributed by atoms with Crippen LogP contribution in [0.4, 0.5) is 0 Å². The molecule has 0 unspecified atom stereocenters. The summed E-state index contributed by atoms with van der Waals surface area (Å²) in [6, 6.07) is 11.0. The number of phenolic OH excluding ortho intramolecular Hbond substituents is 1. The maximum Gasteiger partial charge on any atom is 0.244 e. The largest absolute Gasteiger partial charge is 0.505 e. The van der Waals surface area contributed by atoms with Crippen molar-refractivity contribution in [3.63, 3.8) is 0 Å². The van der Waals surface area contributed by atoms with Gasteiger partial charge in [0, 0.05) is 24.7 Å². The Labute approximate surface area is 182 Å². The lowest BCUT2D eigenvalue weighted by Crippen LogP contribution is -2.32. The number of benzene rings is 2. The summed E-state index contributed by atoms with van der Waals surface area (Å²) in [5, 5.41) is 9.96. The van der Waals surface area contributed by atoms with E-state index in [-0.39, 0.29) is 33.9 Å². The molecule has 0 bridgehead atoms. The van der Waals surface area contributed by atoms with Gasteiger partial charge in [-0.15, -0.1) is 12.4 Å². The van der Waals surface area contributed by atoms with Crippen LogP contribution in [0.3, 0.4) is 0 Å². The molecule has 0 saturated heterocycles. The van der Waals surface area contributed by atoms with Gasteiger partial charge in [-0.1, -0.05) is 47.5 Å². The lowest BCUT2D eigenvalue weighted by atomic mass is 10.00. The number of rotatable bonds is 7. The van der Waals surface area contributed by atoms with Gasteiger partial charge >= 0.3 is 0 Å². The van der Waals surface area contributed by atoms with E-state index in [1.807, 2.05) is 0 Å². The van der Waals surface area contributed by atoms with Gasteiger partial charge in [0.15, 0.2) is 5.75 Å². The highest BCUT2D eigenvalue weighted by atomic mass is 35.5. The van der Waals surface area contributed by atoms with E-state index in [1.54, 1.807) is 0 Å². The van der Waals surface area contributed by atoms with E-state index >= 15 is 0 Å². The predicted octanol–water partition coefficient (Wildman–Crippen LogP) is 4.24. The molecule has 0 spiro atoms. The Morgan fingerprint density at radius 2 is 1.82 bits per heavy atom. The van der Waals surface area contributed by atoms with E-state index in [0.29, 0.717) is 6.42 Å². The second-order valence-corrected chi connectivity index (χ2v) is 9.21. The number of phenols is 1. The Bertz CT molecular complexity index is 923. The molecule has 5 nitrogen and oxygen atoms in total.